The fraction of sp³-hybridized carbons (Fsp3) is 0.280. The summed E-state index contributed by atoms with van der Waals surface area (Å²) in [6.07, 6.45) is 4.15. The van der Waals surface area contributed by atoms with Gasteiger partial charge in [0.1, 0.15) is 5.75 Å². The smallest absolute Gasteiger partial charge is 0.228 e. The van der Waals surface area contributed by atoms with Gasteiger partial charge in [0.15, 0.2) is 11.5 Å². The summed E-state index contributed by atoms with van der Waals surface area (Å²) in [6.45, 7) is 2.32. The Labute approximate surface area is 182 Å². The number of carbonyl (C=O) groups is 1. The van der Waals surface area contributed by atoms with E-state index in [0.717, 1.165) is 23.2 Å². The minimum absolute atomic E-state index is 0.00550. The third kappa shape index (κ3) is 4.19. The summed E-state index contributed by atoms with van der Waals surface area (Å²) in [4.78, 5) is 17.2. The molecular weight excluding hydrogens is 392 g/mol. The fourth-order valence-electron chi connectivity index (χ4n) is 3.93. The lowest BCUT2D eigenvalue weighted by molar-refractivity contribution is -0.117. The zero-order chi connectivity index (χ0) is 21.8. The predicted octanol–water partition coefficient (Wildman–Crippen LogP) is 4.38. The normalized spacial score (nSPS) is 19.4. The molecule has 0 aliphatic heterocycles. The number of nitrogens with zero attached hydrogens (tertiary/aromatic N) is 1. The maximum atomic E-state index is 13.1. The average Bonchev–Trinajstić information content (AvgIpc) is 3.55. The van der Waals surface area contributed by atoms with Crippen molar-refractivity contribution in [1.82, 2.24) is 4.98 Å². The number of benzene rings is 2. The molecule has 1 amide bonds. The topological polar surface area (TPSA) is 69.7 Å². The number of methoxy groups -OCH3 is 2. The lowest BCUT2D eigenvalue weighted by Gasteiger charge is -2.20. The summed E-state index contributed by atoms with van der Waals surface area (Å²) in [7, 11) is 3.19. The number of carbonyl (C=O) groups excluding carboxylic acids is 1. The van der Waals surface area contributed by atoms with Crippen molar-refractivity contribution in [2.75, 3.05) is 26.1 Å². The Morgan fingerprint density at radius 3 is 2.58 bits per heavy atom. The van der Waals surface area contributed by atoms with Gasteiger partial charge in [-0.05, 0) is 42.7 Å². The molecule has 0 radical (unpaired) electrons. The van der Waals surface area contributed by atoms with E-state index in [1.54, 1.807) is 32.7 Å². The first-order valence-electron chi connectivity index (χ1n) is 10.2. The van der Waals surface area contributed by atoms with Crippen molar-refractivity contribution in [2.45, 2.75) is 18.8 Å². The molecule has 1 aliphatic carbocycles. The Balaban J connectivity index is 1.54. The zero-order valence-electron chi connectivity index (χ0n) is 17.9. The zero-order valence-corrected chi connectivity index (χ0v) is 17.9. The van der Waals surface area contributed by atoms with Crippen LogP contribution in [0.4, 0.5) is 5.69 Å². The Bertz CT molecular complexity index is 1070. The first kappa shape index (κ1) is 20.7. The van der Waals surface area contributed by atoms with E-state index >= 15 is 0 Å². The monoisotopic (exact) mass is 418 g/mol. The van der Waals surface area contributed by atoms with Crippen molar-refractivity contribution in [1.29, 1.82) is 0 Å². The molecule has 2 aromatic carbocycles. The first-order valence-corrected chi connectivity index (χ1v) is 10.2. The van der Waals surface area contributed by atoms with Crippen LogP contribution >= 0.6 is 0 Å². The van der Waals surface area contributed by atoms with Crippen LogP contribution in [0.1, 0.15) is 17.5 Å². The van der Waals surface area contributed by atoms with Crippen molar-refractivity contribution in [3.05, 3.63) is 78.1 Å². The number of pyridine rings is 1. The molecule has 6 nitrogen and oxygen atoms in total. The van der Waals surface area contributed by atoms with Gasteiger partial charge < -0.3 is 19.5 Å². The molecule has 6 heteroatoms. The van der Waals surface area contributed by atoms with Crippen LogP contribution in [0.2, 0.25) is 0 Å². The van der Waals surface area contributed by atoms with Crippen molar-refractivity contribution in [3.63, 3.8) is 0 Å². The second-order valence-electron chi connectivity index (χ2n) is 7.76. The number of hydrogen-bond acceptors (Lipinski definition) is 5. The van der Waals surface area contributed by atoms with Gasteiger partial charge in [-0.25, -0.2) is 0 Å². The first-order chi connectivity index (χ1) is 15.1. The van der Waals surface area contributed by atoms with Crippen LogP contribution in [0.25, 0.3) is 0 Å². The molecule has 0 spiro atoms. The van der Waals surface area contributed by atoms with Crippen LogP contribution in [0.3, 0.4) is 0 Å². The van der Waals surface area contributed by atoms with E-state index in [-0.39, 0.29) is 17.2 Å². The second-order valence-corrected chi connectivity index (χ2v) is 7.76. The van der Waals surface area contributed by atoms with Crippen LogP contribution < -0.4 is 19.5 Å². The van der Waals surface area contributed by atoms with Gasteiger partial charge in [-0.3, -0.25) is 9.78 Å². The number of hydrogen-bond donors (Lipinski definition) is 1. The van der Waals surface area contributed by atoms with Gasteiger partial charge in [0.2, 0.25) is 5.91 Å². The highest BCUT2D eigenvalue weighted by molar-refractivity contribution is 5.96. The molecule has 1 fully saturated rings. The van der Waals surface area contributed by atoms with E-state index in [4.69, 9.17) is 14.2 Å². The molecule has 1 aliphatic rings. The Morgan fingerprint density at radius 2 is 1.87 bits per heavy atom. The fourth-order valence-corrected chi connectivity index (χ4v) is 3.93. The highest BCUT2D eigenvalue weighted by Gasteiger charge is 2.60. The molecule has 1 heterocycles. The summed E-state index contributed by atoms with van der Waals surface area (Å²) >= 11 is 0. The molecule has 31 heavy (non-hydrogen) atoms. The van der Waals surface area contributed by atoms with Crippen molar-refractivity contribution in [3.8, 4) is 17.2 Å². The SMILES string of the molecule is COc1ccc(OCC2(c3ccccc3)CC2C(=O)Nc2ccncc2C)cc1OC. The number of aromatic nitrogens is 1. The van der Waals surface area contributed by atoms with Crippen LogP contribution in [0, 0.1) is 12.8 Å². The number of nitrogens with one attached hydrogen (secondary N) is 1. The van der Waals surface area contributed by atoms with Gasteiger partial charge in [-0.1, -0.05) is 30.3 Å². The molecular formula is C25H26N2O4. The van der Waals surface area contributed by atoms with Gasteiger partial charge in [0.25, 0.3) is 0 Å². The number of aryl methyl sites for hydroxylation is 1. The summed E-state index contributed by atoms with van der Waals surface area (Å²) in [5, 5.41) is 3.06. The second kappa shape index (κ2) is 8.68. The summed E-state index contributed by atoms with van der Waals surface area (Å²) in [5.41, 5.74) is 2.44. The maximum absolute atomic E-state index is 13.1. The molecule has 0 saturated heterocycles. The van der Waals surface area contributed by atoms with E-state index in [9.17, 15) is 4.79 Å². The van der Waals surface area contributed by atoms with Crippen LogP contribution in [0.15, 0.2) is 67.0 Å². The van der Waals surface area contributed by atoms with E-state index < -0.39 is 0 Å². The van der Waals surface area contributed by atoms with Crippen molar-refractivity contribution < 1.29 is 19.0 Å². The summed E-state index contributed by atoms with van der Waals surface area (Å²) in [5.74, 6) is 1.73. The highest BCUT2D eigenvalue weighted by atomic mass is 16.5. The Hall–Kier alpha value is -3.54. The quantitative estimate of drug-likeness (QED) is 0.588. The molecule has 0 bridgehead atoms. The standard InChI is InChI=1S/C25H26N2O4/c1-17-15-26-12-11-21(17)27-24(28)20-14-25(20,18-7-5-4-6-8-18)16-31-19-9-10-22(29-2)23(13-19)30-3/h4-13,15,20H,14,16H2,1-3H3,(H,26,27,28). The van der Waals surface area contributed by atoms with E-state index in [2.05, 4.69) is 22.4 Å². The van der Waals surface area contributed by atoms with Gasteiger partial charge in [-0.15, -0.1) is 0 Å². The van der Waals surface area contributed by atoms with Crippen molar-refractivity contribution >= 4 is 11.6 Å². The highest BCUT2D eigenvalue weighted by Crippen LogP contribution is 2.55. The summed E-state index contributed by atoms with van der Waals surface area (Å²) < 4.78 is 16.8. The largest absolute Gasteiger partial charge is 0.493 e. The molecule has 1 N–H and O–H groups in total. The maximum Gasteiger partial charge on any atom is 0.228 e. The average molecular weight is 418 g/mol. The van der Waals surface area contributed by atoms with E-state index in [1.807, 2.05) is 43.3 Å². The molecule has 4 rings (SSSR count). The van der Waals surface area contributed by atoms with Crippen LogP contribution in [0.5, 0.6) is 17.2 Å². The molecule has 2 atom stereocenters. The minimum Gasteiger partial charge on any atom is -0.493 e. The molecule has 1 saturated carbocycles. The van der Waals surface area contributed by atoms with Crippen molar-refractivity contribution in [2.24, 2.45) is 5.92 Å². The van der Waals surface area contributed by atoms with Gasteiger partial charge >= 0.3 is 0 Å². The molecule has 3 aromatic rings. The van der Waals surface area contributed by atoms with E-state index in [1.165, 1.54) is 0 Å². The number of rotatable bonds is 8. The van der Waals surface area contributed by atoms with Gasteiger partial charge in [-0.2, -0.15) is 0 Å². The lowest BCUT2D eigenvalue weighted by atomic mass is 9.93. The lowest BCUT2D eigenvalue weighted by Crippen LogP contribution is -2.26. The third-order valence-corrected chi connectivity index (χ3v) is 5.87. The number of ether oxygens (including phenoxy) is 3. The minimum atomic E-state index is -0.376. The predicted molar refractivity (Wildman–Crippen MR) is 119 cm³/mol. The third-order valence-electron chi connectivity index (χ3n) is 5.87. The molecule has 1 aromatic heterocycles. The van der Waals surface area contributed by atoms with E-state index in [0.29, 0.717) is 23.9 Å². The Morgan fingerprint density at radius 1 is 1.10 bits per heavy atom. The number of amides is 1. The van der Waals surface area contributed by atoms with Gasteiger partial charge in [0, 0.05) is 29.6 Å². The molecule has 2 unspecified atom stereocenters. The summed E-state index contributed by atoms with van der Waals surface area (Å²) in [6, 6.07) is 17.4. The van der Waals surface area contributed by atoms with Crippen LogP contribution in [-0.2, 0) is 10.2 Å². The van der Waals surface area contributed by atoms with Crippen LogP contribution in [-0.4, -0.2) is 31.7 Å². The Kier molecular flexibility index (Phi) is 5.80. The van der Waals surface area contributed by atoms with Gasteiger partial charge in [0.05, 0.1) is 26.7 Å². The number of anilines is 1. The molecule has 160 valence electrons.